The minimum Gasteiger partial charge on any atom is -0.466 e. The summed E-state index contributed by atoms with van der Waals surface area (Å²) in [5, 5.41) is 10.4. The summed E-state index contributed by atoms with van der Waals surface area (Å²) in [4.78, 5) is 26.4. The molecule has 1 aromatic rings. The van der Waals surface area contributed by atoms with Crippen LogP contribution in [0.1, 0.15) is 5.69 Å². The van der Waals surface area contributed by atoms with Crippen molar-refractivity contribution >= 4 is 17.9 Å². The van der Waals surface area contributed by atoms with E-state index < -0.39 is 10.9 Å². The van der Waals surface area contributed by atoms with Crippen molar-refractivity contribution < 1.29 is 14.5 Å². The summed E-state index contributed by atoms with van der Waals surface area (Å²) in [6, 6.07) is 0. The van der Waals surface area contributed by atoms with Crippen LogP contribution >= 0.6 is 0 Å². The van der Waals surface area contributed by atoms with Crippen LogP contribution in [0, 0.1) is 10.1 Å². The zero-order valence-electron chi connectivity index (χ0n) is 7.26. The SMILES string of the molecule is COC(=O)C=Cc1nc[nH]c1[N+](=O)[O-]. The van der Waals surface area contributed by atoms with Crippen LogP contribution in [-0.4, -0.2) is 28.0 Å². The molecule has 0 fully saturated rings. The Kier molecular flexibility index (Phi) is 2.95. The molecule has 0 unspecified atom stereocenters. The van der Waals surface area contributed by atoms with Crippen molar-refractivity contribution in [3.05, 3.63) is 28.2 Å². The number of carbonyl (C=O) groups is 1. The second kappa shape index (κ2) is 4.17. The topological polar surface area (TPSA) is 98.1 Å². The number of imidazole rings is 1. The number of ether oxygens (including phenoxy) is 1. The van der Waals surface area contributed by atoms with Crippen LogP contribution in [0.15, 0.2) is 12.4 Å². The van der Waals surface area contributed by atoms with Crippen molar-refractivity contribution in [2.45, 2.75) is 0 Å². The van der Waals surface area contributed by atoms with Gasteiger partial charge in [0.25, 0.3) is 0 Å². The molecular formula is C7H7N3O4. The van der Waals surface area contributed by atoms with Gasteiger partial charge in [-0.3, -0.25) is 0 Å². The van der Waals surface area contributed by atoms with Crippen molar-refractivity contribution in [3.8, 4) is 0 Å². The Bertz CT molecular complexity index is 382. The molecule has 0 radical (unpaired) electrons. The standard InChI is InChI=1S/C7H7N3O4/c1-14-6(11)3-2-5-7(10(12)13)9-4-8-5/h2-4H,1H3,(H,8,9). The molecule has 74 valence electrons. The summed E-state index contributed by atoms with van der Waals surface area (Å²) < 4.78 is 4.32. The molecule has 1 rings (SSSR count). The maximum atomic E-state index is 10.7. The third kappa shape index (κ3) is 2.16. The summed E-state index contributed by atoms with van der Waals surface area (Å²) in [5.41, 5.74) is 0.0837. The third-order valence-corrected chi connectivity index (χ3v) is 1.41. The van der Waals surface area contributed by atoms with E-state index in [-0.39, 0.29) is 11.5 Å². The Balaban J connectivity index is 2.86. The highest BCUT2D eigenvalue weighted by atomic mass is 16.6. The van der Waals surface area contributed by atoms with Gasteiger partial charge in [-0.05, 0) is 11.0 Å². The van der Waals surface area contributed by atoms with E-state index in [0.717, 1.165) is 6.08 Å². The molecule has 0 bridgehead atoms. The number of aromatic nitrogens is 2. The van der Waals surface area contributed by atoms with Crippen molar-refractivity contribution in [1.29, 1.82) is 0 Å². The molecular weight excluding hydrogens is 190 g/mol. The smallest absolute Gasteiger partial charge is 0.347 e. The van der Waals surface area contributed by atoms with E-state index in [1.165, 1.54) is 19.5 Å². The van der Waals surface area contributed by atoms with Crippen molar-refractivity contribution in [2.75, 3.05) is 7.11 Å². The van der Waals surface area contributed by atoms with Crippen molar-refractivity contribution in [2.24, 2.45) is 0 Å². The van der Waals surface area contributed by atoms with E-state index in [2.05, 4.69) is 14.7 Å². The molecule has 0 spiro atoms. The molecule has 1 N–H and O–H groups in total. The predicted octanol–water partition coefficient (Wildman–Crippen LogP) is 0.504. The number of methoxy groups -OCH3 is 1. The lowest BCUT2D eigenvalue weighted by atomic mass is 10.4. The van der Waals surface area contributed by atoms with Gasteiger partial charge in [0.1, 0.15) is 0 Å². The molecule has 0 aliphatic carbocycles. The molecule has 0 aliphatic heterocycles. The number of hydrogen-bond donors (Lipinski definition) is 1. The van der Waals surface area contributed by atoms with Crippen LogP contribution in [0.5, 0.6) is 0 Å². The van der Waals surface area contributed by atoms with Crippen molar-refractivity contribution in [3.63, 3.8) is 0 Å². The zero-order chi connectivity index (χ0) is 10.6. The van der Waals surface area contributed by atoms with E-state index in [4.69, 9.17) is 0 Å². The highest BCUT2D eigenvalue weighted by Gasteiger charge is 2.12. The Morgan fingerprint density at radius 2 is 2.50 bits per heavy atom. The fraction of sp³-hybridized carbons (Fsp3) is 0.143. The highest BCUT2D eigenvalue weighted by molar-refractivity contribution is 5.87. The van der Waals surface area contributed by atoms with E-state index in [1.807, 2.05) is 0 Å². The van der Waals surface area contributed by atoms with Gasteiger partial charge in [0, 0.05) is 6.08 Å². The first-order chi connectivity index (χ1) is 6.65. The maximum absolute atomic E-state index is 10.7. The minimum atomic E-state index is -0.621. The first-order valence-corrected chi connectivity index (χ1v) is 3.59. The third-order valence-electron chi connectivity index (χ3n) is 1.41. The summed E-state index contributed by atoms with van der Waals surface area (Å²) >= 11 is 0. The Morgan fingerprint density at radius 3 is 3.07 bits per heavy atom. The van der Waals surface area contributed by atoms with Crippen LogP contribution in [0.3, 0.4) is 0 Å². The van der Waals surface area contributed by atoms with Gasteiger partial charge in [-0.2, -0.15) is 0 Å². The minimum absolute atomic E-state index is 0.0837. The van der Waals surface area contributed by atoms with Gasteiger partial charge in [-0.15, -0.1) is 0 Å². The Hall–Kier alpha value is -2.18. The molecule has 1 heterocycles. The van der Waals surface area contributed by atoms with Gasteiger partial charge in [-0.25, -0.2) is 14.8 Å². The highest BCUT2D eigenvalue weighted by Crippen LogP contribution is 2.13. The van der Waals surface area contributed by atoms with Gasteiger partial charge in [0.15, 0.2) is 12.0 Å². The number of esters is 1. The number of hydrogen-bond acceptors (Lipinski definition) is 5. The molecule has 7 heteroatoms. The second-order valence-electron chi connectivity index (χ2n) is 2.25. The quantitative estimate of drug-likeness (QED) is 0.329. The number of nitro groups is 1. The summed E-state index contributed by atoms with van der Waals surface area (Å²) in [6.07, 6.45) is 3.44. The molecule has 0 aromatic carbocycles. The lowest BCUT2D eigenvalue weighted by Crippen LogP contribution is -1.94. The Labute approximate surface area is 78.6 Å². The molecule has 1 aromatic heterocycles. The number of H-pyrrole nitrogens is 1. The lowest BCUT2D eigenvalue weighted by Gasteiger charge is -1.91. The van der Waals surface area contributed by atoms with E-state index in [1.54, 1.807) is 0 Å². The number of carbonyl (C=O) groups excluding carboxylic acids is 1. The molecule has 7 nitrogen and oxygen atoms in total. The molecule has 14 heavy (non-hydrogen) atoms. The lowest BCUT2D eigenvalue weighted by molar-refractivity contribution is -0.389. The monoisotopic (exact) mass is 197 g/mol. The summed E-state index contributed by atoms with van der Waals surface area (Å²) in [6.45, 7) is 0. The fourth-order valence-corrected chi connectivity index (χ4v) is 0.781. The summed E-state index contributed by atoms with van der Waals surface area (Å²) in [7, 11) is 1.21. The van der Waals surface area contributed by atoms with Gasteiger partial charge >= 0.3 is 11.8 Å². The van der Waals surface area contributed by atoms with Gasteiger partial charge in [0.2, 0.25) is 0 Å². The van der Waals surface area contributed by atoms with E-state index >= 15 is 0 Å². The van der Waals surface area contributed by atoms with Gasteiger partial charge < -0.3 is 14.9 Å². The zero-order valence-corrected chi connectivity index (χ0v) is 7.26. The van der Waals surface area contributed by atoms with Crippen molar-refractivity contribution in [1.82, 2.24) is 9.97 Å². The maximum Gasteiger partial charge on any atom is 0.347 e. The molecule has 0 atom stereocenters. The van der Waals surface area contributed by atoms with Crippen LogP contribution in [-0.2, 0) is 9.53 Å². The largest absolute Gasteiger partial charge is 0.466 e. The Morgan fingerprint density at radius 1 is 1.79 bits per heavy atom. The van der Waals surface area contributed by atoms with Gasteiger partial charge in [0.05, 0.1) is 7.11 Å². The fourth-order valence-electron chi connectivity index (χ4n) is 0.781. The van der Waals surface area contributed by atoms with Gasteiger partial charge in [-0.1, -0.05) is 0 Å². The second-order valence-corrected chi connectivity index (χ2v) is 2.25. The average Bonchev–Trinajstić information content (AvgIpc) is 2.62. The molecule has 0 saturated heterocycles. The van der Waals surface area contributed by atoms with Crippen LogP contribution in [0.2, 0.25) is 0 Å². The van der Waals surface area contributed by atoms with Crippen LogP contribution in [0.4, 0.5) is 5.82 Å². The molecule has 0 amide bonds. The average molecular weight is 197 g/mol. The van der Waals surface area contributed by atoms with Crippen LogP contribution < -0.4 is 0 Å². The summed E-state index contributed by atoms with van der Waals surface area (Å²) in [5.74, 6) is -0.854. The van der Waals surface area contributed by atoms with E-state index in [9.17, 15) is 14.9 Å². The van der Waals surface area contributed by atoms with E-state index in [0.29, 0.717) is 0 Å². The molecule has 0 aliphatic rings. The molecule has 0 saturated carbocycles. The number of nitrogens with one attached hydrogen (secondary N) is 1. The van der Waals surface area contributed by atoms with Crippen LogP contribution in [0.25, 0.3) is 6.08 Å². The number of nitrogens with zero attached hydrogens (tertiary/aromatic N) is 2. The first kappa shape index (κ1) is 9.90. The number of rotatable bonds is 3. The number of aromatic amines is 1. The first-order valence-electron chi connectivity index (χ1n) is 3.59. The predicted molar refractivity (Wildman–Crippen MR) is 46.3 cm³/mol. The normalized spacial score (nSPS) is 10.4.